The predicted octanol–water partition coefficient (Wildman–Crippen LogP) is 6.53. The Labute approximate surface area is 290 Å². The molecule has 6 rings (SSSR count). The summed E-state index contributed by atoms with van der Waals surface area (Å²) in [7, 11) is 6.36. The number of thioether (sulfide) groups is 2. The average Bonchev–Trinajstić information content (AvgIpc) is 3.73. The molecule has 12 nitrogen and oxygen atoms in total. The summed E-state index contributed by atoms with van der Waals surface area (Å²) in [6.07, 6.45) is 0.578. The number of benzene rings is 4. The topological polar surface area (TPSA) is 152 Å². The third kappa shape index (κ3) is 8.21. The summed E-state index contributed by atoms with van der Waals surface area (Å²) < 4.78 is 21.7. The number of aromatic nitrogens is 4. The summed E-state index contributed by atoms with van der Waals surface area (Å²) in [4.78, 5) is 41.1. The van der Waals surface area contributed by atoms with Crippen LogP contribution in [0.4, 0.5) is 11.4 Å². The number of amides is 2. The maximum Gasteiger partial charge on any atom is 0.234 e. The maximum absolute atomic E-state index is 12.8. The number of anilines is 2. The van der Waals surface area contributed by atoms with Crippen molar-refractivity contribution in [1.82, 2.24) is 19.9 Å². The number of ether oxygens (including phenoxy) is 4. The molecule has 4 aromatic carbocycles. The molecule has 252 valence electrons. The van der Waals surface area contributed by atoms with Crippen LogP contribution in [0.15, 0.2) is 83.1 Å². The highest BCUT2D eigenvalue weighted by molar-refractivity contribution is 8.00. The number of carbonyl (C=O) groups is 2. The van der Waals surface area contributed by atoms with E-state index in [1.807, 2.05) is 72.8 Å². The van der Waals surface area contributed by atoms with Crippen molar-refractivity contribution in [2.24, 2.45) is 0 Å². The van der Waals surface area contributed by atoms with Gasteiger partial charge in [0.15, 0.2) is 10.3 Å². The van der Waals surface area contributed by atoms with Gasteiger partial charge in [0.1, 0.15) is 23.0 Å². The number of nitrogens with zero attached hydrogens (tertiary/aromatic N) is 2. The molecule has 0 radical (unpaired) electrons. The molecule has 14 heteroatoms. The first-order valence-corrected chi connectivity index (χ1v) is 17.1. The Hall–Kier alpha value is -5.34. The van der Waals surface area contributed by atoms with Gasteiger partial charge in [-0.2, -0.15) is 0 Å². The molecule has 0 bridgehead atoms. The van der Waals surface area contributed by atoms with Crippen LogP contribution in [0, 0.1) is 0 Å². The number of aromatic amines is 2. The van der Waals surface area contributed by atoms with Crippen molar-refractivity contribution < 1.29 is 28.5 Å². The zero-order chi connectivity index (χ0) is 34.3. The van der Waals surface area contributed by atoms with Crippen LogP contribution in [0.2, 0.25) is 0 Å². The number of hydrogen-bond acceptors (Lipinski definition) is 10. The molecule has 0 spiro atoms. The van der Waals surface area contributed by atoms with E-state index in [1.165, 1.54) is 23.5 Å². The first-order valence-electron chi connectivity index (χ1n) is 15.1. The Kier molecular flexibility index (Phi) is 10.4. The molecule has 0 atom stereocenters. The number of nitrogens with one attached hydrogen (secondary N) is 4. The van der Waals surface area contributed by atoms with Gasteiger partial charge in [-0.25, -0.2) is 9.97 Å². The zero-order valence-electron chi connectivity index (χ0n) is 27.2. The molecular formula is C35H34N6O6S2. The smallest absolute Gasteiger partial charge is 0.234 e. The van der Waals surface area contributed by atoms with E-state index in [9.17, 15) is 9.59 Å². The van der Waals surface area contributed by atoms with Crippen molar-refractivity contribution >= 4 is 68.8 Å². The van der Waals surface area contributed by atoms with E-state index in [1.54, 1.807) is 28.4 Å². The van der Waals surface area contributed by atoms with Gasteiger partial charge in [-0.15, -0.1) is 0 Å². The van der Waals surface area contributed by atoms with Crippen molar-refractivity contribution in [3.05, 3.63) is 83.9 Å². The minimum atomic E-state index is -0.187. The maximum atomic E-state index is 12.8. The molecule has 49 heavy (non-hydrogen) atoms. The van der Waals surface area contributed by atoms with E-state index >= 15 is 0 Å². The van der Waals surface area contributed by atoms with Gasteiger partial charge >= 0.3 is 0 Å². The van der Waals surface area contributed by atoms with Crippen molar-refractivity contribution in [2.45, 2.75) is 16.7 Å². The number of carbonyl (C=O) groups excluding carboxylic acids is 2. The normalized spacial score (nSPS) is 11.0. The SMILES string of the molecule is COc1ccc2nc(SCC(=O)Nc3ccc(Cc4ccc(NC(=O)CSc5nc6ccc(OC)cc6[nH]5)c(OC)c4)cc3OC)[nH]c2c1. The first-order chi connectivity index (χ1) is 23.8. The van der Waals surface area contributed by atoms with Gasteiger partial charge in [-0.3, -0.25) is 9.59 Å². The van der Waals surface area contributed by atoms with Crippen LogP contribution < -0.4 is 29.6 Å². The van der Waals surface area contributed by atoms with Crippen LogP contribution in [0.5, 0.6) is 23.0 Å². The Morgan fingerprint density at radius 1 is 0.612 bits per heavy atom. The van der Waals surface area contributed by atoms with E-state index < -0.39 is 0 Å². The van der Waals surface area contributed by atoms with Crippen molar-refractivity contribution in [3.8, 4) is 23.0 Å². The van der Waals surface area contributed by atoms with Crippen LogP contribution in [0.1, 0.15) is 11.1 Å². The standard InChI is InChI=1S/C35H34N6O6S2/c1-44-22-7-11-24-28(16-22)40-34(38-24)48-18-32(42)36-26-9-5-20(14-30(26)46-3)13-21-6-10-27(31(15-21)47-4)37-33(43)19-49-35-39-25-12-8-23(45-2)17-29(25)41-35/h5-12,14-17H,13,18-19H2,1-4H3,(H,36,42)(H,37,43)(H,38,40)(H,39,41). The lowest BCUT2D eigenvalue weighted by atomic mass is 10.0. The molecular weight excluding hydrogens is 665 g/mol. The predicted molar refractivity (Wildman–Crippen MR) is 193 cm³/mol. The van der Waals surface area contributed by atoms with E-state index in [4.69, 9.17) is 18.9 Å². The zero-order valence-corrected chi connectivity index (χ0v) is 28.8. The summed E-state index contributed by atoms with van der Waals surface area (Å²) in [6, 6.07) is 22.5. The highest BCUT2D eigenvalue weighted by Gasteiger charge is 2.14. The lowest BCUT2D eigenvalue weighted by Gasteiger charge is -2.14. The second-order valence-corrected chi connectivity index (χ2v) is 12.7. The Balaban J connectivity index is 1.03. The second kappa shape index (κ2) is 15.3. The van der Waals surface area contributed by atoms with E-state index in [-0.39, 0.29) is 23.3 Å². The third-order valence-electron chi connectivity index (χ3n) is 7.50. The lowest BCUT2D eigenvalue weighted by molar-refractivity contribution is -0.114. The van der Waals surface area contributed by atoms with Gasteiger partial charge in [0, 0.05) is 12.1 Å². The Morgan fingerprint density at radius 2 is 1.06 bits per heavy atom. The number of methoxy groups -OCH3 is 4. The molecule has 0 aliphatic rings. The molecule has 0 aliphatic heterocycles. The summed E-state index contributed by atoms with van der Waals surface area (Å²) in [6.45, 7) is 0. The number of rotatable bonds is 14. The van der Waals surface area contributed by atoms with Crippen LogP contribution in [0.25, 0.3) is 22.1 Å². The molecule has 0 unspecified atom stereocenters. The van der Waals surface area contributed by atoms with E-state index in [0.29, 0.717) is 39.6 Å². The molecule has 0 saturated heterocycles. The van der Waals surface area contributed by atoms with E-state index in [0.717, 1.165) is 44.7 Å². The molecule has 2 heterocycles. The van der Waals surface area contributed by atoms with Crippen molar-refractivity contribution in [2.75, 3.05) is 50.6 Å². The highest BCUT2D eigenvalue weighted by atomic mass is 32.2. The summed E-state index contributed by atoms with van der Waals surface area (Å²) >= 11 is 2.62. The molecule has 6 aromatic rings. The van der Waals surface area contributed by atoms with Crippen LogP contribution in [0.3, 0.4) is 0 Å². The number of hydrogen-bond donors (Lipinski definition) is 4. The van der Waals surface area contributed by atoms with Gasteiger partial charge in [0.05, 0.1) is 73.4 Å². The minimum absolute atomic E-state index is 0.165. The largest absolute Gasteiger partial charge is 0.497 e. The first kappa shape index (κ1) is 33.6. The van der Waals surface area contributed by atoms with Gasteiger partial charge < -0.3 is 39.5 Å². The monoisotopic (exact) mass is 698 g/mol. The average molecular weight is 699 g/mol. The Morgan fingerprint density at radius 3 is 1.47 bits per heavy atom. The fourth-order valence-electron chi connectivity index (χ4n) is 5.10. The number of fused-ring (bicyclic) bond motifs is 2. The fraction of sp³-hybridized carbons (Fsp3) is 0.200. The summed E-state index contributed by atoms with van der Waals surface area (Å²) in [5.41, 5.74) is 6.37. The van der Waals surface area contributed by atoms with E-state index in [2.05, 4.69) is 30.6 Å². The molecule has 2 aromatic heterocycles. The van der Waals surface area contributed by atoms with Crippen LogP contribution >= 0.6 is 23.5 Å². The summed E-state index contributed by atoms with van der Waals surface area (Å²) in [5.74, 6) is 2.51. The highest BCUT2D eigenvalue weighted by Crippen LogP contribution is 2.31. The lowest BCUT2D eigenvalue weighted by Crippen LogP contribution is -2.15. The second-order valence-electron chi connectivity index (χ2n) is 10.8. The Bertz CT molecular complexity index is 1980. The molecule has 2 amide bonds. The molecule has 0 fully saturated rings. The van der Waals surface area contributed by atoms with Gasteiger partial charge in [-0.1, -0.05) is 35.7 Å². The summed E-state index contributed by atoms with van der Waals surface area (Å²) in [5, 5.41) is 7.15. The third-order valence-corrected chi connectivity index (χ3v) is 9.25. The fourth-order valence-corrected chi connectivity index (χ4v) is 6.47. The van der Waals surface area contributed by atoms with Crippen molar-refractivity contribution in [3.63, 3.8) is 0 Å². The van der Waals surface area contributed by atoms with Gasteiger partial charge in [-0.05, 0) is 66.1 Å². The van der Waals surface area contributed by atoms with Crippen LogP contribution in [-0.4, -0.2) is 71.7 Å². The number of H-pyrrole nitrogens is 2. The molecule has 0 saturated carbocycles. The van der Waals surface area contributed by atoms with Gasteiger partial charge in [0.2, 0.25) is 11.8 Å². The van der Waals surface area contributed by atoms with Crippen molar-refractivity contribution in [1.29, 1.82) is 0 Å². The molecule has 0 aliphatic carbocycles. The molecule has 4 N–H and O–H groups in total. The quantitative estimate of drug-likeness (QED) is 0.0925. The van der Waals surface area contributed by atoms with Gasteiger partial charge in [0.25, 0.3) is 0 Å². The van der Waals surface area contributed by atoms with Crippen LogP contribution in [-0.2, 0) is 16.0 Å². The minimum Gasteiger partial charge on any atom is -0.497 e. The number of imidazole rings is 2.